The number of likely N-dealkylation sites (tertiary alicyclic amines) is 1. The molecular formula is C29H33N7O3. The summed E-state index contributed by atoms with van der Waals surface area (Å²) in [5, 5.41) is 12.3. The number of hydrogen-bond donors (Lipinski definition) is 3. The summed E-state index contributed by atoms with van der Waals surface area (Å²) in [4.78, 5) is 22.5. The molecule has 1 fully saturated rings. The van der Waals surface area contributed by atoms with Crippen LogP contribution in [0.5, 0.6) is 11.5 Å². The molecule has 0 radical (unpaired) electrons. The molecule has 2 aromatic heterocycles. The van der Waals surface area contributed by atoms with E-state index < -0.39 is 0 Å². The highest BCUT2D eigenvalue weighted by Crippen LogP contribution is 2.34. The molecule has 1 aliphatic rings. The van der Waals surface area contributed by atoms with Gasteiger partial charge in [-0.3, -0.25) is 15.3 Å². The van der Waals surface area contributed by atoms with E-state index in [1.807, 2.05) is 48.5 Å². The third kappa shape index (κ3) is 6.18. The van der Waals surface area contributed by atoms with Gasteiger partial charge in [-0.05, 0) is 67.7 Å². The van der Waals surface area contributed by atoms with E-state index in [1.54, 1.807) is 25.4 Å². The van der Waals surface area contributed by atoms with Gasteiger partial charge >= 0.3 is 5.69 Å². The normalized spacial score (nSPS) is 14.3. The highest BCUT2D eigenvalue weighted by atomic mass is 16.5. The Hall–Kier alpha value is -4.44. The Balaban J connectivity index is 1.45. The van der Waals surface area contributed by atoms with Gasteiger partial charge < -0.3 is 15.2 Å². The van der Waals surface area contributed by atoms with E-state index in [4.69, 9.17) is 20.6 Å². The molecule has 0 aliphatic carbocycles. The number of rotatable bonds is 11. The van der Waals surface area contributed by atoms with Crippen LogP contribution in [0.2, 0.25) is 0 Å². The molecule has 10 heteroatoms. The number of hydrogen-bond acceptors (Lipinski definition) is 7. The quantitative estimate of drug-likeness (QED) is 0.201. The smallest absolute Gasteiger partial charge is 0.349 e. The van der Waals surface area contributed by atoms with E-state index in [9.17, 15) is 4.79 Å². The zero-order valence-corrected chi connectivity index (χ0v) is 22.0. The van der Waals surface area contributed by atoms with Crippen molar-refractivity contribution in [3.05, 3.63) is 99.9 Å². The van der Waals surface area contributed by atoms with Crippen molar-refractivity contribution < 1.29 is 9.47 Å². The largest absolute Gasteiger partial charge is 0.493 e. The molecule has 3 heterocycles. The minimum atomic E-state index is -0.366. The van der Waals surface area contributed by atoms with Crippen LogP contribution in [0.4, 0.5) is 0 Å². The molecule has 2 aromatic carbocycles. The minimum Gasteiger partial charge on any atom is -0.493 e. The third-order valence-corrected chi connectivity index (χ3v) is 6.99. The number of pyridine rings is 1. The Bertz CT molecular complexity index is 1460. The first kappa shape index (κ1) is 26.2. The van der Waals surface area contributed by atoms with E-state index in [1.165, 1.54) is 17.5 Å². The fourth-order valence-corrected chi connectivity index (χ4v) is 4.87. The van der Waals surface area contributed by atoms with Crippen molar-refractivity contribution in [2.75, 3.05) is 33.4 Å². The molecule has 1 aliphatic heterocycles. The van der Waals surface area contributed by atoms with Crippen molar-refractivity contribution in [3.63, 3.8) is 0 Å². The molecule has 10 nitrogen and oxygen atoms in total. The summed E-state index contributed by atoms with van der Waals surface area (Å²) in [5.74, 6) is 1.97. The number of methoxy groups -OCH3 is 1. The van der Waals surface area contributed by atoms with Gasteiger partial charge in [0.25, 0.3) is 0 Å². The van der Waals surface area contributed by atoms with Crippen LogP contribution in [-0.2, 0) is 6.42 Å². The van der Waals surface area contributed by atoms with E-state index in [0.717, 1.165) is 30.8 Å². The van der Waals surface area contributed by atoms with Crippen molar-refractivity contribution in [2.45, 2.75) is 25.2 Å². The molecular weight excluding hydrogens is 494 g/mol. The summed E-state index contributed by atoms with van der Waals surface area (Å²) >= 11 is 0. The van der Waals surface area contributed by atoms with Gasteiger partial charge in [0.05, 0.1) is 7.11 Å². The highest BCUT2D eigenvalue weighted by molar-refractivity contribution is 5.94. The second kappa shape index (κ2) is 12.0. The first-order chi connectivity index (χ1) is 19.0. The van der Waals surface area contributed by atoms with E-state index in [2.05, 4.69) is 20.0 Å². The second-order valence-electron chi connectivity index (χ2n) is 9.59. The average molecular weight is 528 g/mol. The molecule has 0 amide bonds. The lowest BCUT2D eigenvalue weighted by Gasteiger charge is -2.19. The fraction of sp³-hybridized carbons (Fsp3) is 0.310. The summed E-state index contributed by atoms with van der Waals surface area (Å²) in [5.41, 5.74) is 7.84. The number of aromatic amines is 1. The lowest BCUT2D eigenvalue weighted by Crippen LogP contribution is -2.25. The van der Waals surface area contributed by atoms with Crippen molar-refractivity contribution in [1.82, 2.24) is 24.6 Å². The summed E-state index contributed by atoms with van der Waals surface area (Å²) in [7, 11) is 1.62. The van der Waals surface area contributed by atoms with E-state index in [-0.39, 0.29) is 17.4 Å². The Kier molecular flexibility index (Phi) is 8.02. The molecule has 4 aromatic rings. The number of nitrogens with zero attached hydrogens (tertiary/aromatic N) is 4. The lowest BCUT2D eigenvalue weighted by atomic mass is 9.90. The lowest BCUT2D eigenvalue weighted by molar-refractivity contribution is 0.230. The minimum absolute atomic E-state index is 0.0154. The summed E-state index contributed by atoms with van der Waals surface area (Å²) in [6.07, 6.45) is 4.66. The van der Waals surface area contributed by atoms with Gasteiger partial charge in [-0.2, -0.15) is 4.68 Å². The fourth-order valence-electron chi connectivity index (χ4n) is 4.87. The number of aromatic nitrogens is 4. The van der Waals surface area contributed by atoms with Gasteiger partial charge in [-0.25, -0.2) is 9.78 Å². The number of nitrogens with two attached hydrogens (primary N) is 1. The average Bonchev–Trinajstić information content (AvgIpc) is 3.62. The van der Waals surface area contributed by atoms with Crippen LogP contribution in [0, 0.1) is 5.41 Å². The number of amidine groups is 1. The summed E-state index contributed by atoms with van der Waals surface area (Å²) in [6, 6.07) is 18.7. The van der Waals surface area contributed by atoms with Gasteiger partial charge in [-0.1, -0.05) is 36.4 Å². The zero-order valence-electron chi connectivity index (χ0n) is 22.0. The maximum Gasteiger partial charge on any atom is 0.349 e. The Labute approximate surface area is 226 Å². The van der Waals surface area contributed by atoms with Crippen LogP contribution in [0.15, 0.2) is 71.7 Å². The predicted molar refractivity (Wildman–Crippen MR) is 149 cm³/mol. The Morgan fingerprint density at radius 1 is 1.10 bits per heavy atom. The maximum atomic E-state index is 12.9. The standard InChI is InChI=1S/C29H33N7O3/c1-38-25-19-22(11-12-24(25)39-17-16-35-14-4-5-15-35)23(18-20-7-9-21(10-8-20)27(30)31)28-33-29(37)36(34-28)26-6-2-3-13-32-26/h2-3,6-13,19,23H,4-5,14-18H2,1H3,(H3,30,31)(H,33,34,37). The zero-order chi connectivity index (χ0) is 27.2. The van der Waals surface area contributed by atoms with Gasteiger partial charge in [0.1, 0.15) is 18.3 Å². The molecule has 0 saturated carbocycles. The van der Waals surface area contributed by atoms with Crippen LogP contribution < -0.4 is 20.9 Å². The first-order valence-electron chi connectivity index (χ1n) is 13.1. The van der Waals surface area contributed by atoms with E-state index in [0.29, 0.717) is 41.7 Å². The van der Waals surface area contributed by atoms with E-state index >= 15 is 0 Å². The highest BCUT2D eigenvalue weighted by Gasteiger charge is 2.23. The van der Waals surface area contributed by atoms with Crippen molar-refractivity contribution in [2.24, 2.45) is 5.73 Å². The molecule has 1 unspecified atom stereocenters. The van der Waals surface area contributed by atoms with Crippen LogP contribution in [0.3, 0.4) is 0 Å². The van der Waals surface area contributed by atoms with Crippen LogP contribution in [0.25, 0.3) is 5.82 Å². The monoisotopic (exact) mass is 527 g/mol. The van der Waals surface area contributed by atoms with Gasteiger partial charge in [0, 0.05) is 24.2 Å². The summed E-state index contributed by atoms with van der Waals surface area (Å²) < 4.78 is 13.1. The topological polar surface area (TPSA) is 135 Å². The van der Waals surface area contributed by atoms with Crippen molar-refractivity contribution >= 4 is 5.84 Å². The number of benzene rings is 2. The number of H-pyrrole nitrogens is 1. The number of nitrogen functional groups attached to an aromatic ring is 1. The molecule has 202 valence electrons. The van der Waals surface area contributed by atoms with Crippen LogP contribution >= 0.6 is 0 Å². The second-order valence-corrected chi connectivity index (χ2v) is 9.59. The molecule has 0 spiro atoms. The first-order valence-corrected chi connectivity index (χ1v) is 13.1. The number of ether oxygens (including phenoxy) is 2. The van der Waals surface area contributed by atoms with Crippen molar-refractivity contribution in [3.8, 4) is 17.3 Å². The van der Waals surface area contributed by atoms with Crippen LogP contribution in [-0.4, -0.2) is 63.8 Å². The maximum absolute atomic E-state index is 12.9. The SMILES string of the molecule is COc1cc(C(Cc2ccc(C(=N)N)cc2)c2nn(-c3ccccn3)c(=O)[nH]2)ccc1OCCN1CCCC1. The van der Waals surface area contributed by atoms with Gasteiger partial charge in [-0.15, -0.1) is 5.10 Å². The van der Waals surface area contributed by atoms with Crippen molar-refractivity contribution in [1.29, 1.82) is 5.41 Å². The Morgan fingerprint density at radius 2 is 1.90 bits per heavy atom. The molecule has 1 saturated heterocycles. The third-order valence-electron chi connectivity index (χ3n) is 6.99. The predicted octanol–water partition coefficient (Wildman–Crippen LogP) is 3.10. The molecule has 4 N–H and O–H groups in total. The molecule has 39 heavy (non-hydrogen) atoms. The van der Waals surface area contributed by atoms with Gasteiger partial charge in [0.2, 0.25) is 0 Å². The molecule has 0 bridgehead atoms. The van der Waals surface area contributed by atoms with Crippen LogP contribution in [0.1, 0.15) is 41.3 Å². The summed E-state index contributed by atoms with van der Waals surface area (Å²) in [6.45, 7) is 3.72. The Morgan fingerprint density at radius 3 is 2.59 bits per heavy atom. The molecule has 5 rings (SSSR count). The number of nitrogens with one attached hydrogen (secondary N) is 2. The van der Waals surface area contributed by atoms with Gasteiger partial charge in [0.15, 0.2) is 17.3 Å². The molecule has 1 atom stereocenters.